The Bertz CT molecular complexity index is 1570. The van der Waals surface area contributed by atoms with E-state index in [9.17, 15) is 26.0 Å². The van der Waals surface area contributed by atoms with E-state index in [0.29, 0.717) is 18.4 Å². The number of amides is 1. The first-order chi connectivity index (χ1) is 17.7. The Kier molecular flexibility index (Phi) is 7.32. The fraction of sp³-hybridized carbons (Fsp3) is 0.346. The molecule has 0 saturated heterocycles. The molecule has 0 atom stereocenters. The number of sulfonamides is 1. The molecule has 204 valence electrons. The second kappa shape index (κ2) is 10.1. The van der Waals surface area contributed by atoms with Gasteiger partial charge in [0, 0.05) is 24.5 Å². The molecule has 1 saturated carbocycles. The Labute approximate surface area is 222 Å². The summed E-state index contributed by atoms with van der Waals surface area (Å²) in [6.45, 7) is 5.20. The SMILES string of the molecule is CN(Cc1cc(-c2ccccc2F)n(S(=O)(=O)c2cccc(NS(=O)(=O)C3CC3)c2)c1)C(=O)OC(C)(C)C. The minimum Gasteiger partial charge on any atom is -0.444 e. The molecule has 38 heavy (non-hydrogen) atoms. The van der Waals surface area contributed by atoms with Crippen molar-refractivity contribution in [1.82, 2.24) is 8.87 Å². The number of nitrogens with one attached hydrogen (secondary N) is 1. The molecule has 1 amide bonds. The number of hydrogen-bond donors (Lipinski definition) is 1. The monoisotopic (exact) mass is 563 g/mol. The quantitative estimate of drug-likeness (QED) is 0.421. The van der Waals surface area contributed by atoms with Crippen LogP contribution in [-0.2, 0) is 31.3 Å². The summed E-state index contributed by atoms with van der Waals surface area (Å²) < 4.78 is 75.8. The van der Waals surface area contributed by atoms with Gasteiger partial charge >= 0.3 is 6.09 Å². The maximum Gasteiger partial charge on any atom is 0.410 e. The molecule has 1 aliphatic carbocycles. The predicted octanol–water partition coefficient (Wildman–Crippen LogP) is 4.80. The average molecular weight is 564 g/mol. The molecule has 3 aromatic rings. The highest BCUT2D eigenvalue weighted by atomic mass is 32.2. The van der Waals surface area contributed by atoms with E-state index >= 15 is 0 Å². The zero-order valence-electron chi connectivity index (χ0n) is 21.5. The Morgan fingerprint density at radius 3 is 2.39 bits per heavy atom. The number of halogens is 1. The smallest absolute Gasteiger partial charge is 0.410 e. The summed E-state index contributed by atoms with van der Waals surface area (Å²) in [6.07, 6.45) is 1.84. The van der Waals surface area contributed by atoms with E-state index in [4.69, 9.17) is 4.74 Å². The summed E-state index contributed by atoms with van der Waals surface area (Å²) in [5.41, 5.74) is -0.0777. The molecule has 1 fully saturated rings. The zero-order valence-corrected chi connectivity index (χ0v) is 23.1. The molecule has 4 rings (SSSR count). The van der Waals surface area contributed by atoms with Gasteiger partial charge in [-0.15, -0.1) is 0 Å². The highest BCUT2D eigenvalue weighted by Crippen LogP contribution is 2.32. The number of aromatic nitrogens is 1. The van der Waals surface area contributed by atoms with Crippen molar-refractivity contribution in [2.75, 3.05) is 11.8 Å². The third kappa shape index (κ3) is 6.18. The van der Waals surface area contributed by atoms with Gasteiger partial charge in [0.1, 0.15) is 11.4 Å². The molecular formula is C26H30FN3O6S2. The van der Waals surface area contributed by atoms with Gasteiger partial charge in [-0.2, -0.15) is 0 Å². The third-order valence-corrected chi connectivity index (χ3v) is 9.27. The molecule has 0 radical (unpaired) electrons. The molecule has 1 aromatic heterocycles. The van der Waals surface area contributed by atoms with Gasteiger partial charge in [-0.1, -0.05) is 18.2 Å². The predicted molar refractivity (Wildman–Crippen MR) is 142 cm³/mol. The van der Waals surface area contributed by atoms with Gasteiger partial charge in [0.05, 0.1) is 22.4 Å². The average Bonchev–Trinajstić information content (AvgIpc) is 3.60. The van der Waals surface area contributed by atoms with Crippen LogP contribution < -0.4 is 4.72 Å². The summed E-state index contributed by atoms with van der Waals surface area (Å²) in [5.74, 6) is -0.625. The molecular weight excluding hydrogens is 533 g/mol. The van der Waals surface area contributed by atoms with Crippen molar-refractivity contribution in [3.8, 4) is 11.3 Å². The van der Waals surface area contributed by atoms with Crippen molar-refractivity contribution in [3.63, 3.8) is 0 Å². The maximum absolute atomic E-state index is 14.8. The van der Waals surface area contributed by atoms with Crippen molar-refractivity contribution in [2.45, 2.75) is 55.9 Å². The highest BCUT2D eigenvalue weighted by Gasteiger charge is 2.36. The summed E-state index contributed by atoms with van der Waals surface area (Å²) in [7, 11) is -6.39. The van der Waals surface area contributed by atoms with Crippen LogP contribution in [0.4, 0.5) is 14.9 Å². The van der Waals surface area contributed by atoms with E-state index in [2.05, 4.69) is 4.72 Å². The molecule has 0 aliphatic heterocycles. The number of nitrogens with zero attached hydrogens (tertiary/aromatic N) is 2. The van der Waals surface area contributed by atoms with Crippen molar-refractivity contribution in [2.24, 2.45) is 0 Å². The minimum absolute atomic E-state index is 0.000112. The summed E-state index contributed by atoms with van der Waals surface area (Å²) >= 11 is 0. The number of rotatable bonds is 8. The van der Waals surface area contributed by atoms with Gasteiger partial charge in [-0.25, -0.2) is 30.0 Å². The van der Waals surface area contributed by atoms with Crippen LogP contribution >= 0.6 is 0 Å². The molecule has 1 heterocycles. The molecule has 1 aliphatic rings. The largest absolute Gasteiger partial charge is 0.444 e. The van der Waals surface area contributed by atoms with Gasteiger partial charge in [0.15, 0.2) is 0 Å². The topological polar surface area (TPSA) is 115 Å². The normalized spacial score (nSPS) is 14.2. The van der Waals surface area contributed by atoms with Crippen LogP contribution in [-0.4, -0.2) is 49.7 Å². The first-order valence-corrected chi connectivity index (χ1v) is 14.9. The van der Waals surface area contributed by atoms with Crippen LogP contribution in [0.15, 0.2) is 65.7 Å². The van der Waals surface area contributed by atoms with Crippen LogP contribution in [0.5, 0.6) is 0 Å². The van der Waals surface area contributed by atoms with Crippen LogP contribution in [0.25, 0.3) is 11.3 Å². The Balaban J connectivity index is 1.73. The van der Waals surface area contributed by atoms with E-state index in [1.54, 1.807) is 26.8 Å². The summed E-state index contributed by atoms with van der Waals surface area (Å²) in [6, 6.07) is 12.7. The van der Waals surface area contributed by atoms with Crippen LogP contribution in [0.2, 0.25) is 0 Å². The lowest BCUT2D eigenvalue weighted by Crippen LogP contribution is -2.33. The fourth-order valence-electron chi connectivity index (χ4n) is 3.79. The molecule has 1 N–H and O–H groups in total. The van der Waals surface area contributed by atoms with E-state index in [-0.39, 0.29) is 28.4 Å². The standard InChI is InChI=1S/C26H30FN3O6S2/c1-26(2,3)36-25(31)29(4)16-18-14-24(22-10-5-6-11-23(22)27)30(17-18)38(34,35)21-9-7-8-19(15-21)28-37(32,33)20-12-13-20/h5-11,14-15,17,20,28H,12-13,16H2,1-4H3. The zero-order chi connectivity index (χ0) is 27.9. The lowest BCUT2D eigenvalue weighted by atomic mass is 10.1. The molecule has 2 aromatic carbocycles. The summed E-state index contributed by atoms with van der Waals surface area (Å²) in [5, 5.41) is -0.482. The number of carbonyl (C=O) groups excluding carboxylic acids is 1. The second-order valence-corrected chi connectivity index (χ2v) is 14.0. The second-order valence-electron chi connectivity index (χ2n) is 10.2. The van der Waals surface area contributed by atoms with Crippen molar-refractivity contribution in [1.29, 1.82) is 0 Å². The number of ether oxygens (including phenoxy) is 1. The van der Waals surface area contributed by atoms with Crippen LogP contribution in [0.3, 0.4) is 0 Å². The molecule has 0 unspecified atom stereocenters. The number of hydrogen-bond acceptors (Lipinski definition) is 6. The minimum atomic E-state index is -4.30. The van der Waals surface area contributed by atoms with Gasteiger partial charge in [-0.05, 0) is 75.6 Å². The van der Waals surface area contributed by atoms with Crippen LogP contribution in [0, 0.1) is 5.82 Å². The van der Waals surface area contributed by atoms with Gasteiger partial charge < -0.3 is 9.64 Å². The van der Waals surface area contributed by atoms with Gasteiger partial charge in [-0.3, -0.25) is 4.72 Å². The Morgan fingerprint density at radius 1 is 1.08 bits per heavy atom. The van der Waals surface area contributed by atoms with E-state index in [1.165, 1.54) is 66.7 Å². The third-order valence-electron chi connectivity index (χ3n) is 5.73. The lowest BCUT2D eigenvalue weighted by Gasteiger charge is -2.24. The first-order valence-electron chi connectivity index (χ1n) is 11.9. The molecule has 0 spiro atoms. The van der Waals surface area contributed by atoms with Crippen LogP contribution in [0.1, 0.15) is 39.2 Å². The first kappa shape index (κ1) is 27.6. The lowest BCUT2D eigenvalue weighted by molar-refractivity contribution is 0.0285. The van der Waals surface area contributed by atoms with Crippen molar-refractivity contribution >= 4 is 31.8 Å². The number of carbonyl (C=O) groups is 1. The number of benzene rings is 2. The highest BCUT2D eigenvalue weighted by molar-refractivity contribution is 7.93. The van der Waals surface area contributed by atoms with Crippen molar-refractivity contribution < 1.29 is 30.8 Å². The number of anilines is 1. The van der Waals surface area contributed by atoms with Gasteiger partial charge in [0.2, 0.25) is 10.0 Å². The fourth-order valence-corrected chi connectivity index (χ4v) is 6.60. The van der Waals surface area contributed by atoms with E-state index in [1.807, 2.05) is 0 Å². The van der Waals surface area contributed by atoms with Gasteiger partial charge in [0.25, 0.3) is 10.0 Å². The maximum atomic E-state index is 14.8. The van der Waals surface area contributed by atoms with E-state index in [0.717, 1.165) is 3.97 Å². The molecule has 12 heteroatoms. The summed E-state index contributed by atoms with van der Waals surface area (Å²) in [4.78, 5) is 13.6. The Hall–Kier alpha value is -3.38. The molecule has 0 bridgehead atoms. The molecule has 9 nitrogen and oxygen atoms in total. The van der Waals surface area contributed by atoms with E-state index < -0.39 is 42.8 Å². The van der Waals surface area contributed by atoms with Crippen molar-refractivity contribution in [3.05, 3.63) is 72.2 Å². The Morgan fingerprint density at radius 2 is 1.76 bits per heavy atom.